The number of hydrogen-bond acceptors (Lipinski definition) is 1. The second-order valence-corrected chi connectivity index (χ2v) is 5.10. The molecule has 2 aromatic rings. The lowest BCUT2D eigenvalue weighted by Gasteiger charge is -2.08. The number of carbonyl (C=O) groups is 1. The smallest absolute Gasteiger partial charge is 0.163 e. The molecular formula is C18H20O. The Morgan fingerprint density at radius 1 is 0.895 bits per heavy atom. The Bertz CT molecular complexity index is 596. The van der Waals surface area contributed by atoms with Crippen LogP contribution in [0.3, 0.4) is 0 Å². The van der Waals surface area contributed by atoms with E-state index >= 15 is 0 Å². The fraction of sp³-hybridized carbons (Fsp3) is 0.278. The Morgan fingerprint density at radius 2 is 1.58 bits per heavy atom. The van der Waals surface area contributed by atoms with Crippen molar-refractivity contribution < 1.29 is 4.79 Å². The quantitative estimate of drug-likeness (QED) is 0.736. The Morgan fingerprint density at radius 3 is 2.32 bits per heavy atom. The number of aryl methyl sites for hydroxylation is 3. The molecule has 0 fully saturated rings. The third-order valence-corrected chi connectivity index (χ3v) is 3.79. The lowest BCUT2D eigenvalue weighted by Crippen LogP contribution is -2.05. The van der Waals surface area contributed by atoms with E-state index in [1.165, 1.54) is 16.7 Å². The average molecular weight is 252 g/mol. The van der Waals surface area contributed by atoms with Crippen molar-refractivity contribution in [3.63, 3.8) is 0 Å². The van der Waals surface area contributed by atoms with E-state index in [4.69, 9.17) is 0 Å². The molecule has 0 radical (unpaired) electrons. The summed E-state index contributed by atoms with van der Waals surface area (Å²) in [6.45, 7) is 6.17. The summed E-state index contributed by atoms with van der Waals surface area (Å²) < 4.78 is 0. The maximum absolute atomic E-state index is 12.3. The molecule has 1 nitrogen and oxygen atoms in total. The first-order valence-electron chi connectivity index (χ1n) is 6.73. The zero-order valence-corrected chi connectivity index (χ0v) is 11.9. The molecule has 0 N–H and O–H groups in total. The normalized spacial score (nSPS) is 10.5. The van der Waals surface area contributed by atoms with E-state index < -0.39 is 0 Å². The van der Waals surface area contributed by atoms with Gasteiger partial charge in [0, 0.05) is 12.0 Å². The lowest BCUT2D eigenvalue weighted by molar-refractivity contribution is 0.0982. The predicted molar refractivity (Wildman–Crippen MR) is 79.7 cm³/mol. The van der Waals surface area contributed by atoms with Crippen molar-refractivity contribution in [3.05, 3.63) is 70.3 Å². The van der Waals surface area contributed by atoms with E-state index in [-0.39, 0.29) is 5.78 Å². The van der Waals surface area contributed by atoms with Gasteiger partial charge in [-0.1, -0.05) is 42.5 Å². The van der Waals surface area contributed by atoms with Crippen LogP contribution in [0.4, 0.5) is 0 Å². The molecule has 0 bridgehead atoms. The Balaban J connectivity index is 2.10. The van der Waals surface area contributed by atoms with Crippen molar-refractivity contribution in [2.45, 2.75) is 33.6 Å². The van der Waals surface area contributed by atoms with Crippen molar-refractivity contribution in [3.8, 4) is 0 Å². The van der Waals surface area contributed by atoms with Gasteiger partial charge in [0.05, 0.1) is 0 Å². The molecule has 0 aliphatic carbocycles. The molecule has 0 aromatic heterocycles. The Kier molecular flexibility index (Phi) is 4.16. The number of Topliss-reactive ketones (excluding diaryl/α,β-unsaturated/α-hetero) is 1. The minimum atomic E-state index is 0.240. The molecule has 0 aliphatic rings. The number of benzene rings is 2. The van der Waals surface area contributed by atoms with Crippen LogP contribution in [0.25, 0.3) is 0 Å². The largest absolute Gasteiger partial charge is 0.294 e. The molecule has 0 aliphatic heterocycles. The van der Waals surface area contributed by atoms with E-state index in [0.29, 0.717) is 6.42 Å². The maximum atomic E-state index is 12.3. The van der Waals surface area contributed by atoms with E-state index in [1.54, 1.807) is 0 Å². The van der Waals surface area contributed by atoms with Crippen molar-refractivity contribution in [2.24, 2.45) is 0 Å². The molecule has 0 amide bonds. The van der Waals surface area contributed by atoms with Crippen LogP contribution in [-0.4, -0.2) is 5.78 Å². The molecule has 0 saturated heterocycles. The molecule has 19 heavy (non-hydrogen) atoms. The number of hydrogen-bond donors (Lipinski definition) is 0. The summed E-state index contributed by atoms with van der Waals surface area (Å²) in [6.07, 6.45) is 1.40. The SMILES string of the molecule is Cc1ccccc1CCC(=O)c1cccc(C)c1C. The summed E-state index contributed by atoms with van der Waals surface area (Å²) in [5.74, 6) is 0.240. The average Bonchev–Trinajstić information content (AvgIpc) is 2.40. The molecule has 0 atom stereocenters. The van der Waals surface area contributed by atoms with Crippen LogP contribution in [0.1, 0.15) is 39.0 Å². The number of ketones is 1. The minimum Gasteiger partial charge on any atom is -0.294 e. The monoisotopic (exact) mass is 252 g/mol. The predicted octanol–water partition coefficient (Wildman–Crippen LogP) is 4.43. The number of carbonyl (C=O) groups excluding carboxylic acids is 1. The van der Waals surface area contributed by atoms with Gasteiger partial charge in [0.15, 0.2) is 5.78 Å². The lowest BCUT2D eigenvalue weighted by atomic mass is 9.95. The van der Waals surface area contributed by atoms with E-state index in [2.05, 4.69) is 19.1 Å². The van der Waals surface area contributed by atoms with Crippen LogP contribution in [0.5, 0.6) is 0 Å². The zero-order chi connectivity index (χ0) is 13.8. The molecule has 0 unspecified atom stereocenters. The first-order valence-corrected chi connectivity index (χ1v) is 6.73. The van der Waals surface area contributed by atoms with Gasteiger partial charge in [-0.05, 0) is 49.4 Å². The Labute approximate surface area is 115 Å². The standard InChI is InChI=1S/C18H20O/c1-13-8-6-10-17(15(13)3)18(19)12-11-16-9-5-4-7-14(16)2/h4-10H,11-12H2,1-3H3. The van der Waals surface area contributed by atoms with Crippen molar-refractivity contribution in [2.75, 3.05) is 0 Å². The highest BCUT2D eigenvalue weighted by Gasteiger charge is 2.10. The summed E-state index contributed by atoms with van der Waals surface area (Å²) in [6, 6.07) is 14.2. The second-order valence-electron chi connectivity index (χ2n) is 5.10. The molecular weight excluding hydrogens is 232 g/mol. The molecule has 98 valence electrons. The van der Waals surface area contributed by atoms with Gasteiger partial charge >= 0.3 is 0 Å². The molecule has 0 saturated carbocycles. The van der Waals surface area contributed by atoms with Gasteiger partial charge in [0.25, 0.3) is 0 Å². The van der Waals surface area contributed by atoms with Gasteiger partial charge in [-0.15, -0.1) is 0 Å². The van der Waals surface area contributed by atoms with Crippen molar-refractivity contribution >= 4 is 5.78 Å². The van der Waals surface area contributed by atoms with E-state index in [9.17, 15) is 4.79 Å². The molecule has 1 heteroatoms. The summed E-state index contributed by atoms with van der Waals surface area (Å²) in [4.78, 5) is 12.3. The van der Waals surface area contributed by atoms with E-state index in [0.717, 1.165) is 17.5 Å². The van der Waals surface area contributed by atoms with Crippen molar-refractivity contribution in [1.82, 2.24) is 0 Å². The van der Waals surface area contributed by atoms with Crippen LogP contribution >= 0.6 is 0 Å². The van der Waals surface area contributed by atoms with Gasteiger partial charge in [-0.25, -0.2) is 0 Å². The van der Waals surface area contributed by atoms with Crippen LogP contribution in [-0.2, 0) is 6.42 Å². The Hall–Kier alpha value is -1.89. The third-order valence-electron chi connectivity index (χ3n) is 3.79. The fourth-order valence-electron chi connectivity index (χ4n) is 2.33. The molecule has 0 spiro atoms. The summed E-state index contributed by atoms with van der Waals surface area (Å²) >= 11 is 0. The highest BCUT2D eigenvalue weighted by Crippen LogP contribution is 2.17. The summed E-state index contributed by atoms with van der Waals surface area (Å²) in [5.41, 5.74) is 5.69. The zero-order valence-electron chi connectivity index (χ0n) is 11.9. The van der Waals surface area contributed by atoms with Gasteiger partial charge in [-0.2, -0.15) is 0 Å². The number of rotatable bonds is 4. The highest BCUT2D eigenvalue weighted by molar-refractivity contribution is 5.97. The van der Waals surface area contributed by atoms with Gasteiger partial charge in [-0.3, -0.25) is 4.79 Å². The summed E-state index contributed by atoms with van der Waals surface area (Å²) in [5, 5.41) is 0. The van der Waals surface area contributed by atoms with Crippen LogP contribution < -0.4 is 0 Å². The third kappa shape index (κ3) is 3.11. The minimum absolute atomic E-state index is 0.240. The molecule has 0 heterocycles. The first-order chi connectivity index (χ1) is 9.09. The first kappa shape index (κ1) is 13.5. The van der Waals surface area contributed by atoms with E-state index in [1.807, 2.05) is 44.2 Å². The maximum Gasteiger partial charge on any atom is 0.163 e. The van der Waals surface area contributed by atoms with Crippen LogP contribution in [0.2, 0.25) is 0 Å². The van der Waals surface area contributed by atoms with Gasteiger partial charge < -0.3 is 0 Å². The highest BCUT2D eigenvalue weighted by atomic mass is 16.1. The second kappa shape index (κ2) is 5.83. The topological polar surface area (TPSA) is 17.1 Å². The fourth-order valence-corrected chi connectivity index (χ4v) is 2.33. The van der Waals surface area contributed by atoms with Crippen LogP contribution in [0.15, 0.2) is 42.5 Å². The summed E-state index contributed by atoms with van der Waals surface area (Å²) in [7, 11) is 0. The van der Waals surface area contributed by atoms with Crippen molar-refractivity contribution in [1.29, 1.82) is 0 Å². The van der Waals surface area contributed by atoms with Crippen LogP contribution in [0, 0.1) is 20.8 Å². The molecule has 2 rings (SSSR count). The van der Waals surface area contributed by atoms with Gasteiger partial charge in [0.2, 0.25) is 0 Å². The van der Waals surface area contributed by atoms with Gasteiger partial charge in [0.1, 0.15) is 0 Å². The molecule has 2 aromatic carbocycles.